The predicted molar refractivity (Wildman–Crippen MR) is 91.0 cm³/mol. The van der Waals surface area contributed by atoms with Crippen molar-refractivity contribution < 1.29 is 4.79 Å². The van der Waals surface area contributed by atoms with Crippen molar-refractivity contribution >= 4 is 11.6 Å². The largest absolute Gasteiger partial charge is 0.385 e. The lowest BCUT2D eigenvalue weighted by Crippen LogP contribution is -2.38. The fourth-order valence-electron chi connectivity index (χ4n) is 2.50. The number of amides is 1. The van der Waals surface area contributed by atoms with E-state index in [-0.39, 0.29) is 11.9 Å². The first kappa shape index (κ1) is 17.5. The molecule has 118 valence electrons. The van der Waals surface area contributed by atoms with Crippen LogP contribution in [0.5, 0.6) is 0 Å². The molecule has 21 heavy (non-hydrogen) atoms. The molecule has 0 heterocycles. The molecule has 3 heteroatoms. The van der Waals surface area contributed by atoms with E-state index in [0.717, 1.165) is 36.3 Å². The Bertz CT molecular complexity index is 455. The molecule has 1 aromatic carbocycles. The molecule has 3 nitrogen and oxygen atoms in total. The molecule has 0 radical (unpaired) electrons. The topological polar surface area (TPSA) is 32.3 Å². The van der Waals surface area contributed by atoms with Gasteiger partial charge in [-0.15, -0.1) is 0 Å². The van der Waals surface area contributed by atoms with E-state index in [1.807, 2.05) is 24.0 Å². The van der Waals surface area contributed by atoms with Gasteiger partial charge < -0.3 is 10.2 Å². The quantitative estimate of drug-likeness (QED) is 0.717. The number of benzene rings is 1. The number of carbonyl (C=O) groups is 1. The standard InChI is InChI=1S/C18H30N2O/c1-6-8-9-12-20(14(3)4)18(21)17-11-10-16(19-7-2)13-15(17)5/h10-11,13-14,19H,6-9,12H2,1-5H3. The molecule has 0 bridgehead atoms. The number of aryl methyl sites for hydroxylation is 1. The first-order valence-electron chi connectivity index (χ1n) is 8.16. The minimum absolute atomic E-state index is 0.154. The highest BCUT2D eigenvalue weighted by molar-refractivity contribution is 5.96. The van der Waals surface area contributed by atoms with E-state index in [4.69, 9.17) is 0 Å². The van der Waals surface area contributed by atoms with Crippen molar-refractivity contribution in [3.8, 4) is 0 Å². The Morgan fingerprint density at radius 2 is 1.95 bits per heavy atom. The SMILES string of the molecule is CCCCCN(C(=O)c1ccc(NCC)cc1C)C(C)C. The van der Waals surface area contributed by atoms with Crippen LogP contribution in [0.3, 0.4) is 0 Å². The number of nitrogens with zero attached hydrogens (tertiary/aromatic N) is 1. The summed E-state index contributed by atoms with van der Waals surface area (Å²) in [4.78, 5) is 14.8. The minimum Gasteiger partial charge on any atom is -0.385 e. The van der Waals surface area contributed by atoms with Crippen LogP contribution < -0.4 is 5.32 Å². The third kappa shape index (κ3) is 5.07. The van der Waals surface area contributed by atoms with Crippen molar-refractivity contribution in [3.05, 3.63) is 29.3 Å². The maximum Gasteiger partial charge on any atom is 0.254 e. The Morgan fingerprint density at radius 3 is 2.48 bits per heavy atom. The van der Waals surface area contributed by atoms with E-state index in [1.54, 1.807) is 0 Å². The minimum atomic E-state index is 0.154. The van der Waals surface area contributed by atoms with Crippen LogP contribution in [0.1, 0.15) is 62.9 Å². The lowest BCUT2D eigenvalue weighted by atomic mass is 10.1. The van der Waals surface area contributed by atoms with E-state index in [2.05, 4.69) is 39.1 Å². The summed E-state index contributed by atoms with van der Waals surface area (Å²) in [6.07, 6.45) is 3.43. The number of unbranched alkanes of at least 4 members (excludes halogenated alkanes) is 2. The van der Waals surface area contributed by atoms with Crippen molar-refractivity contribution in [2.24, 2.45) is 0 Å². The Kier molecular flexibility index (Phi) is 7.27. The van der Waals surface area contributed by atoms with Gasteiger partial charge in [0.2, 0.25) is 0 Å². The van der Waals surface area contributed by atoms with Crippen molar-refractivity contribution in [3.63, 3.8) is 0 Å². The zero-order valence-electron chi connectivity index (χ0n) is 14.2. The van der Waals surface area contributed by atoms with Gasteiger partial charge in [0.1, 0.15) is 0 Å². The molecule has 0 saturated carbocycles. The maximum absolute atomic E-state index is 12.8. The summed E-state index contributed by atoms with van der Waals surface area (Å²) in [5.41, 5.74) is 2.94. The van der Waals surface area contributed by atoms with Crippen LogP contribution in [0.25, 0.3) is 0 Å². The van der Waals surface area contributed by atoms with Gasteiger partial charge in [-0.2, -0.15) is 0 Å². The second-order valence-corrected chi connectivity index (χ2v) is 5.86. The summed E-state index contributed by atoms with van der Waals surface area (Å²) in [5, 5.41) is 3.28. The molecular formula is C18H30N2O. The normalized spacial score (nSPS) is 10.8. The summed E-state index contributed by atoms with van der Waals surface area (Å²) in [5.74, 6) is 0.154. The first-order chi connectivity index (χ1) is 10.0. The smallest absolute Gasteiger partial charge is 0.254 e. The van der Waals surface area contributed by atoms with Gasteiger partial charge in [0, 0.05) is 30.4 Å². The lowest BCUT2D eigenvalue weighted by Gasteiger charge is -2.27. The molecular weight excluding hydrogens is 260 g/mol. The predicted octanol–water partition coefficient (Wildman–Crippen LogP) is 4.47. The Hall–Kier alpha value is -1.51. The molecule has 0 aromatic heterocycles. The maximum atomic E-state index is 12.8. The van der Waals surface area contributed by atoms with Crippen LogP contribution in [0.4, 0.5) is 5.69 Å². The molecule has 1 rings (SSSR count). The second-order valence-electron chi connectivity index (χ2n) is 5.86. The third-order valence-corrected chi connectivity index (χ3v) is 3.72. The Labute approximate surface area is 129 Å². The highest BCUT2D eigenvalue weighted by Gasteiger charge is 2.19. The fraction of sp³-hybridized carbons (Fsp3) is 0.611. The molecule has 0 saturated heterocycles. The van der Waals surface area contributed by atoms with E-state index in [1.165, 1.54) is 12.8 Å². The average molecular weight is 290 g/mol. The van der Waals surface area contributed by atoms with Crippen LogP contribution in [0, 0.1) is 6.92 Å². The second kappa shape index (κ2) is 8.71. The molecule has 0 aliphatic heterocycles. The van der Waals surface area contributed by atoms with Crippen molar-refractivity contribution in [1.82, 2.24) is 4.90 Å². The molecule has 0 fully saturated rings. The molecule has 0 atom stereocenters. The highest BCUT2D eigenvalue weighted by atomic mass is 16.2. The van der Waals surface area contributed by atoms with Crippen molar-refractivity contribution in [1.29, 1.82) is 0 Å². The molecule has 1 N–H and O–H groups in total. The summed E-state index contributed by atoms with van der Waals surface area (Å²) < 4.78 is 0. The zero-order chi connectivity index (χ0) is 15.8. The molecule has 0 spiro atoms. The number of hydrogen-bond acceptors (Lipinski definition) is 2. The van der Waals surface area contributed by atoms with Crippen molar-refractivity contribution in [2.75, 3.05) is 18.4 Å². The van der Waals surface area contributed by atoms with Gasteiger partial charge in [-0.05, 0) is 57.9 Å². The van der Waals surface area contributed by atoms with Crippen LogP contribution >= 0.6 is 0 Å². The molecule has 0 aliphatic carbocycles. The number of carbonyl (C=O) groups excluding carboxylic acids is 1. The number of nitrogens with one attached hydrogen (secondary N) is 1. The summed E-state index contributed by atoms with van der Waals surface area (Å²) >= 11 is 0. The van der Waals surface area contributed by atoms with E-state index >= 15 is 0 Å². The Morgan fingerprint density at radius 1 is 1.24 bits per heavy atom. The van der Waals surface area contributed by atoms with Gasteiger partial charge in [-0.1, -0.05) is 19.8 Å². The van der Waals surface area contributed by atoms with Crippen LogP contribution in [-0.4, -0.2) is 29.9 Å². The third-order valence-electron chi connectivity index (χ3n) is 3.72. The highest BCUT2D eigenvalue weighted by Crippen LogP contribution is 2.18. The van der Waals surface area contributed by atoms with Gasteiger partial charge in [-0.3, -0.25) is 4.79 Å². The van der Waals surface area contributed by atoms with E-state index < -0.39 is 0 Å². The van der Waals surface area contributed by atoms with Gasteiger partial charge >= 0.3 is 0 Å². The first-order valence-corrected chi connectivity index (χ1v) is 8.16. The van der Waals surface area contributed by atoms with E-state index in [9.17, 15) is 4.79 Å². The molecule has 1 amide bonds. The molecule has 0 aliphatic rings. The van der Waals surface area contributed by atoms with Gasteiger partial charge in [0.15, 0.2) is 0 Å². The summed E-state index contributed by atoms with van der Waals surface area (Å²) in [6.45, 7) is 12.2. The van der Waals surface area contributed by atoms with Gasteiger partial charge in [0.05, 0.1) is 0 Å². The zero-order valence-corrected chi connectivity index (χ0v) is 14.2. The summed E-state index contributed by atoms with van der Waals surface area (Å²) in [6, 6.07) is 6.24. The number of anilines is 1. The molecule has 0 unspecified atom stereocenters. The number of hydrogen-bond donors (Lipinski definition) is 1. The summed E-state index contributed by atoms with van der Waals surface area (Å²) in [7, 11) is 0. The van der Waals surface area contributed by atoms with Crippen molar-refractivity contribution in [2.45, 2.75) is 59.9 Å². The lowest BCUT2D eigenvalue weighted by molar-refractivity contribution is 0.0701. The van der Waals surface area contributed by atoms with Crippen LogP contribution in [-0.2, 0) is 0 Å². The van der Waals surface area contributed by atoms with Gasteiger partial charge in [0.25, 0.3) is 5.91 Å². The number of rotatable bonds is 8. The van der Waals surface area contributed by atoms with E-state index in [0.29, 0.717) is 0 Å². The molecule has 1 aromatic rings. The average Bonchev–Trinajstić information content (AvgIpc) is 2.43. The van der Waals surface area contributed by atoms with Crippen LogP contribution in [0.2, 0.25) is 0 Å². The Balaban J connectivity index is 2.87. The van der Waals surface area contributed by atoms with Crippen LogP contribution in [0.15, 0.2) is 18.2 Å². The van der Waals surface area contributed by atoms with Gasteiger partial charge in [-0.25, -0.2) is 0 Å². The monoisotopic (exact) mass is 290 g/mol. The fourth-order valence-corrected chi connectivity index (χ4v) is 2.50.